The summed E-state index contributed by atoms with van der Waals surface area (Å²) in [5, 5.41) is 3.30. The molecule has 0 radical (unpaired) electrons. The summed E-state index contributed by atoms with van der Waals surface area (Å²) < 4.78 is 24.2. The third-order valence-electron chi connectivity index (χ3n) is 3.07. The SMILES string of the molecule is CN(c1cccc(C(=O)Nc2ccc(Cl)cc2)c1)S(C)(=O)=O. The molecule has 0 fully saturated rings. The Kier molecular flexibility index (Phi) is 4.73. The van der Waals surface area contributed by atoms with Crippen LogP contribution in [0.1, 0.15) is 10.4 Å². The van der Waals surface area contributed by atoms with Crippen LogP contribution in [-0.4, -0.2) is 27.6 Å². The molecule has 2 rings (SSSR count). The topological polar surface area (TPSA) is 66.5 Å². The van der Waals surface area contributed by atoms with Crippen LogP contribution >= 0.6 is 11.6 Å². The van der Waals surface area contributed by atoms with E-state index in [1.54, 1.807) is 42.5 Å². The lowest BCUT2D eigenvalue weighted by molar-refractivity contribution is 0.102. The van der Waals surface area contributed by atoms with Crippen LogP contribution in [-0.2, 0) is 10.0 Å². The average Bonchev–Trinajstić information content (AvgIpc) is 2.48. The fourth-order valence-electron chi connectivity index (χ4n) is 1.77. The number of carbonyl (C=O) groups excluding carboxylic acids is 1. The van der Waals surface area contributed by atoms with Crippen LogP contribution in [0.4, 0.5) is 11.4 Å². The van der Waals surface area contributed by atoms with E-state index in [1.807, 2.05) is 0 Å². The third-order valence-corrected chi connectivity index (χ3v) is 4.53. The highest BCUT2D eigenvalue weighted by molar-refractivity contribution is 7.92. The molecule has 0 atom stereocenters. The van der Waals surface area contributed by atoms with Gasteiger partial charge >= 0.3 is 0 Å². The van der Waals surface area contributed by atoms with Gasteiger partial charge in [-0.25, -0.2) is 8.42 Å². The number of rotatable bonds is 4. The minimum absolute atomic E-state index is 0.328. The van der Waals surface area contributed by atoms with Crippen molar-refractivity contribution in [2.24, 2.45) is 0 Å². The maximum absolute atomic E-state index is 12.2. The second-order valence-corrected chi connectivity index (χ2v) is 7.19. The molecule has 0 aliphatic rings. The molecule has 116 valence electrons. The summed E-state index contributed by atoms with van der Waals surface area (Å²) in [6.45, 7) is 0. The van der Waals surface area contributed by atoms with E-state index >= 15 is 0 Å². The Bertz CT molecular complexity index is 789. The number of sulfonamides is 1. The van der Waals surface area contributed by atoms with Gasteiger partial charge < -0.3 is 5.32 Å². The highest BCUT2D eigenvalue weighted by Gasteiger charge is 2.14. The lowest BCUT2D eigenvalue weighted by Crippen LogP contribution is -2.25. The van der Waals surface area contributed by atoms with Gasteiger partial charge in [0.05, 0.1) is 11.9 Å². The zero-order valence-electron chi connectivity index (χ0n) is 12.1. The van der Waals surface area contributed by atoms with Gasteiger partial charge in [-0.2, -0.15) is 0 Å². The summed E-state index contributed by atoms with van der Waals surface area (Å²) in [5.41, 5.74) is 1.39. The number of hydrogen-bond acceptors (Lipinski definition) is 3. The zero-order chi connectivity index (χ0) is 16.3. The van der Waals surface area contributed by atoms with E-state index in [2.05, 4.69) is 5.32 Å². The van der Waals surface area contributed by atoms with Crippen LogP contribution < -0.4 is 9.62 Å². The second kappa shape index (κ2) is 6.37. The molecule has 1 N–H and O–H groups in total. The highest BCUT2D eigenvalue weighted by atomic mass is 35.5. The first-order chi connectivity index (χ1) is 10.3. The summed E-state index contributed by atoms with van der Waals surface area (Å²) >= 11 is 5.79. The van der Waals surface area contributed by atoms with E-state index in [-0.39, 0.29) is 5.91 Å². The van der Waals surface area contributed by atoms with E-state index in [9.17, 15) is 13.2 Å². The van der Waals surface area contributed by atoms with Gasteiger partial charge in [0.1, 0.15) is 0 Å². The van der Waals surface area contributed by atoms with E-state index in [0.29, 0.717) is 22.0 Å². The first-order valence-corrected chi connectivity index (χ1v) is 8.61. The van der Waals surface area contributed by atoms with Crippen molar-refractivity contribution in [2.75, 3.05) is 22.9 Å². The maximum Gasteiger partial charge on any atom is 0.255 e. The number of nitrogens with zero attached hydrogens (tertiary/aromatic N) is 1. The average molecular weight is 339 g/mol. The summed E-state index contributed by atoms with van der Waals surface area (Å²) in [6.07, 6.45) is 1.10. The van der Waals surface area contributed by atoms with Gasteiger partial charge in [-0.1, -0.05) is 17.7 Å². The van der Waals surface area contributed by atoms with Gasteiger partial charge in [0.25, 0.3) is 5.91 Å². The molecule has 0 saturated carbocycles. The molecular formula is C15H15ClN2O3S. The lowest BCUT2D eigenvalue weighted by atomic mass is 10.2. The van der Waals surface area contributed by atoms with Gasteiger partial charge in [0.2, 0.25) is 10.0 Å². The maximum atomic E-state index is 12.2. The zero-order valence-corrected chi connectivity index (χ0v) is 13.6. The van der Waals surface area contributed by atoms with Gasteiger partial charge in [0.15, 0.2) is 0 Å². The van der Waals surface area contributed by atoms with Crippen molar-refractivity contribution in [1.82, 2.24) is 0 Å². The molecule has 5 nitrogen and oxygen atoms in total. The Labute approximate surface area is 134 Å². The van der Waals surface area contributed by atoms with Crippen LogP contribution in [0.3, 0.4) is 0 Å². The molecule has 7 heteroatoms. The summed E-state index contributed by atoms with van der Waals surface area (Å²) in [5.74, 6) is -0.328. The number of halogens is 1. The fourth-order valence-corrected chi connectivity index (χ4v) is 2.39. The molecule has 2 aromatic carbocycles. The lowest BCUT2D eigenvalue weighted by Gasteiger charge is -2.17. The normalized spacial score (nSPS) is 11.0. The second-order valence-electron chi connectivity index (χ2n) is 4.74. The Morgan fingerprint density at radius 3 is 2.36 bits per heavy atom. The van der Waals surface area contributed by atoms with Crippen LogP contribution in [0.25, 0.3) is 0 Å². The molecule has 0 spiro atoms. The Morgan fingerprint density at radius 1 is 1.14 bits per heavy atom. The van der Waals surface area contributed by atoms with Crippen LogP contribution in [0.2, 0.25) is 5.02 Å². The molecule has 0 heterocycles. The van der Waals surface area contributed by atoms with Gasteiger partial charge in [-0.3, -0.25) is 9.10 Å². The van der Waals surface area contributed by atoms with Crippen molar-refractivity contribution in [1.29, 1.82) is 0 Å². The monoisotopic (exact) mass is 338 g/mol. The van der Waals surface area contributed by atoms with E-state index in [4.69, 9.17) is 11.6 Å². The van der Waals surface area contributed by atoms with E-state index < -0.39 is 10.0 Å². The molecule has 0 saturated heterocycles. The minimum Gasteiger partial charge on any atom is -0.322 e. The Hall–Kier alpha value is -2.05. The van der Waals surface area contributed by atoms with Gasteiger partial charge in [0, 0.05) is 23.3 Å². The fraction of sp³-hybridized carbons (Fsp3) is 0.133. The Balaban J connectivity index is 2.22. The standard InChI is InChI=1S/C15H15ClN2O3S/c1-18(22(2,20)21)14-5-3-4-11(10-14)15(19)17-13-8-6-12(16)7-9-13/h3-10H,1-2H3,(H,17,19). The van der Waals surface area contributed by atoms with Gasteiger partial charge in [-0.05, 0) is 42.5 Å². The molecular weight excluding hydrogens is 324 g/mol. The molecule has 2 aromatic rings. The van der Waals surface area contributed by atoms with E-state index in [1.165, 1.54) is 13.1 Å². The summed E-state index contributed by atoms with van der Waals surface area (Å²) in [7, 11) is -1.94. The van der Waals surface area contributed by atoms with Crippen molar-refractivity contribution in [3.8, 4) is 0 Å². The number of anilines is 2. The number of nitrogens with one attached hydrogen (secondary N) is 1. The van der Waals surface area contributed by atoms with Crippen LogP contribution in [0.5, 0.6) is 0 Å². The van der Waals surface area contributed by atoms with Crippen molar-refractivity contribution in [2.45, 2.75) is 0 Å². The van der Waals surface area contributed by atoms with E-state index in [0.717, 1.165) is 10.6 Å². The van der Waals surface area contributed by atoms with Crippen molar-refractivity contribution in [3.63, 3.8) is 0 Å². The number of benzene rings is 2. The number of hydrogen-bond donors (Lipinski definition) is 1. The molecule has 0 bridgehead atoms. The smallest absolute Gasteiger partial charge is 0.255 e. The Morgan fingerprint density at radius 2 is 1.77 bits per heavy atom. The van der Waals surface area contributed by atoms with Crippen molar-refractivity contribution in [3.05, 3.63) is 59.1 Å². The number of carbonyl (C=O) groups is 1. The quantitative estimate of drug-likeness (QED) is 0.932. The first kappa shape index (κ1) is 16.3. The predicted molar refractivity (Wildman–Crippen MR) is 89.1 cm³/mol. The van der Waals surface area contributed by atoms with Crippen molar-refractivity contribution >= 4 is 38.9 Å². The summed E-state index contributed by atoms with van der Waals surface area (Å²) in [6, 6.07) is 13.1. The minimum atomic E-state index is -3.38. The molecule has 0 aliphatic heterocycles. The molecule has 0 aromatic heterocycles. The highest BCUT2D eigenvalue weighted by Crippen LogP contribution is 2.19. The van der Waals surface area contributed by atoms with Gasteiger partial charge in [-0.15, -0.1) is 0 Å². The molecule has 1 amide bonds. The largest absolute Gasteiger partial charge is 0.322 e. The number of amides is 1. The van der Waals surface area contributed by atoms with Crippen LogP contribution in [0.15, 0.2) is 48.5 Å². The third kappa shape index (κ3) is 3.99. The summed E-state index contributed by atoms with van der Waals surface area (Å²) in [4.78, 5) is 12.2. The van der Waals surface area contributed by atoms with Crippen molar-refractivity contribution < 1.29 is 13.2 Å². The first-order valence-electron chi connectivity index (χ1n) is 6.38. The molecule has 22 heavy (non-hydrogen) atoms. The van der Waals surface area contributed by atoms with Crippen LogP contribution in [0, 0.1) is 0 Å². The molecule has 0 unspecified atom stereocenters. The molecule has 0 aliphatic carbocycles. The predicted octanol–water partition coefficient (Wildman–Crippen LogP) is 2.99.